The van der Waals surface area contributed by atoms with Crippen molar-refractivity contribution in [1.29, 1.82) is 0 Å². The Morgan fingerprint density at radius 3 is 2.33 bits per heavy atom. The molecule has 0 unspecified atom stereocenters. The summed E-state index contributed by atoms with van der Waals surface area (Å²) in [6.07, 6.45) is 1.39. The third kappa shape index (κ3) is 3.51. The van der Waals surface area contributed by atoms with Crippen LogP contribution in [-0.2, 0) is 14.3 Å². The molecular formula is C10H17NO4. The third-order valence-electron chi connectivity index (χ3n) is 2.81. The van der Waals surface area contributed by atoms with Gasteiger partial charge in [0.05, 0.1) is 5.60 Å². The molecule has 15 heavy (non-hydrogen) atoms. The van der Waals surface area contributed by atoms with Crippen LogP contribution in [0, 0.1) is 0 Å². The van der Waals surface area contributed by atoms with Crippen LogP contribution < -0.4 is 0 Å². The lowest BCUT2D eigenvalue weighted by Crippen LogP contribution is -2.46. The molecular weight excluding hydrogens is 198 g/mol. The summed E-state index contributed by atoms with van der Waals surface area (Å²) in [7, 11) is 0. The Morgan fingerprint density at radius 1 is 1.40 bits per heavy atom. The minimum absolute atomic E-state index is 0.0651. The van der Waals surface area contributed by atoms with Crippen molar-refractivity contribution in [3.63, 3.8) is 0 Å². The molecule has 1 rings (SSSR count). The standard InChI is InChI=1S/C10H17NO4/c1-8(12)11-5-3-10(2,4-6-11)15-7-9(13)14/h3-7H2,1-2H3,(H,13,14). The summed E-state index contributed by atoms with van der Waals surface area (Å²) in [6, 6.07) is 0. The number of aliphatic carboxylic acids is 1. The first-order valence-electron chi connectivity index (χ1n) is 5.04. The van der Waals surface area contributed by atoms with Crippen LogP contribution in [0.3, 0.4) is 0 Å². The van der Waals surface area contributed by atoms with Crippen LogP contribution in [0.1, 0.15) is 26.7 Å². The van der Waals surface area contributed by atoms with Crippen LogP contribution in [-0.4, -0.2) is 47.2 Å². The van der Waals surface area contributed by atoms with Crippen LogP contribution in [0.25, 0.3) is 0 Å². The Morgan fingerprint density at radius 2 is 1.93 bits per heavy atom. The highest BCUT2D eigenvalue weighted by molar-refractivity contribution is 5.73. The molecule has 1 amide bonds. The first-order chi connectivity index (χ1) is 6.93. The van der Waals surface area contributed by atoms with Crippen molar-refractivity contribution in [1.82, 2.24) is 4.90 Å². The van der Waals surface area contributed by atoms with Gasteiger partial charge in [0.15, 0.2) is 0 Å². The Bertz CT molecular complexity index is 256. The van der Waals surface area contributed by atoms with Gasteiger partial charge >= 0.3 is 5.97 Å². The van der Waals surface area contributed by atoms with Gasteiger partial charge in [-0.05, 0) is 19.8 Å². The second-order valence-corrected chi connectivity index (χ2v) is 4.14. The summed E-state index contributed by atoms with van der Waals surface area (Å²) < 4.78 is 5.32. The van der Waals surface area contributed by atoms with Gasteiger partial charge in [0.1, 0.15) is 6.61 Å². The zero-order chi connectivity index (χ0) is 11.5. The molecule has 0 aromatic carbocycles. The average molecular weight is 215 g/mol. The maximum Gasteiger partial charge on any atom is 0.329 e. The van der Waals surface area contributed by atoms with E-state index >= 15 is 0 Å². The van der Waals surface area contributed by atoms with Gasteiger partial charge < -0.3 is 14.7 Å². The second-order valence-electron chi connectivity index (χ2n) is 4.14. The fourth-order valence-electron chi connectivity index (χ4n) is 1.67. The highest BCUT2D eigenvalue weighted by Crippen LogP contribution is 2.25. The van der Waals surface area contributed by atoms with Gasteiger partial charge in [-0.25, -0.2) is 4.79 Å². The quantitative estimate of drug-likeness (QED) is 0.744. The first-order valence-corrected chi connectivity index (χ1v) is 5.04. The smallest absolute Gasteiger partial charge is 0.329 e. The lowest BCUT2D eigenvalue weighted by atomic mass is 9.93. The van der Waals surface area contributed by atoms with E-state index in [9.17, 15) is 9.59 Å². The number of hydrogen-bond donors (Lipinski definition) is 1. The van der Waals surface area contributed by atoms with Crippen molar-refractivity contribution < 1.29 is 19.4 Å². The number of likely N-dealkylation sites (tertiary alicyclic amines) is 1. The third-order valence-corrected chi connectivity index (χ3v) is 2.81. The average Bonchev–Trinajstić information content (AvgIpc) is 2.16. The van der Waals surface area contributed by atoms with Crippen molar-refractivity contribution in [3.8, 4) is 0 Å². The number of ether oxygens (including phenoxy) is 1. The second kappa shape index (κ2) is 4.61. The lowest BCUT2D eigenvalue weighted by molar-refractivity contribution is -0.154. The number of rotatable bonds is 3. The van der Waals surface area contributed by atoms with Crippen molar-refractivity contribution in [3.05, 3.63) is 0 Å². The number of carboxylic acid groups (broad SMARTS) is 1. The summed E-state index contributed by atoms with van der Waals surface area (Å²) in [5.41, 5.74) is -0.398. The Kier molecular flexibility index (Phi) is 3.68. The molecule has 0 aromatic rings. The van der Waals surface area contributed by atoms with E-state index in [-0.39, 0.29) is 12.5 Å². The Labute approximate surface area is 89.0 Å². The molecule has 0 bridgehead atoms. The van der Waals surface area contributed by atoms with E-state index < -0.39 is 11.6 Å². The predicted octanol–water partition coefficient (Wildman–Crippen LogP) is 0.489. The monoisotopic (exact) mass is 215 g/mol. The number of carbonyl (C=O) groups excluding carboxylic acids is 1. The minimum atomic E-state index is -0.953. The van der Waals surface area contributed by atoms with Crippen molar-refractivity contribution in [2.45, 2.75) is 32.3 Å². The molecule has 1 heterocycles. The summed E-state index contributed by atoms with van der Waals surface area (Å²) in [5.74, 6) is -0.888. The van der Waals surface area contributed by atoms with Gasteiger partial charge in [-0.15, -0.1) is 0 Å². The number of hydrogen-bond acceptors (Lipinski definition) is 3. The number of piperidine rings is 1. The number of amides is 1. The molecule has 5 heteroatoms. The van der Waals surface area contributed by atoms with Crippen LogP contribution in [0.5, 0.6) is 0 Å². The summed E-state index contributed by atoms with van der Waals surface area (Å²) in [6.45, 7) is 4.46. The Balaban J connectivity index is 2.40. The molecule has 1 fully saturated rings. The van der Waals surface area contributed by atoms with E-state index in [1.807, 2.05) is 6.92 Å². The molecule has 0 atom stereocenters. The van der Waals surface area contributed by atoms with Gasteiger partial charge in [-0.2, -0.15) is 0 Å². The number of carboxylic acids is 1. The van der Waals surface area contributed by atoms with Crippen LogP contribution in [0.2, 0.25) is 0 Å². The summed E-state index contributed by atoms with van der Waals surface area (Å²) in [5, 5.41) is 8.51. The largest absolute Gasteiger partial charge is 0.480 e. The fraction of sp³-hybridized carbons (Fsp3) is 0.800. The van der Waals surface area contributed by atoms with Gasteiger partial charge in [-0.1, -0.05) is 0 Å². The number of nitrogens with zero attached hydrogens (tertiary/aromatic N) is 1. The molecule has 1 saturated heterocycles. The molecule has 0 aliphatic carbocycles. The molecule has 5 nitrogen and oxygen atoms in total. The predicted molar refractivity (Wildman–Crippen MR) is 53.5 cm³/mol. The van der Waals surface area contributed by atoms with E-state index in [0.717, 1.165) is 0 Å². The van der Waals surface area contributed by atoms with Crippen LogP contribution in [0.4, 0.5) is 0 Å². The molecule has 1 aliphatic rings. The van der Waals surface area contributed by atoms with Gasteiger partial charge in [-0.3, -0.25) is 4.79 Å². The molecule has 0 aromatic heterocycles. The van der Waals surface area contributed by atoms with Crippen LogP contribution in [0.15, 0.2) is 0 Å². The molecule has 0 spiro atoms. The molecule has 86 valence electrons. The fourth-order valence-corrected chi connectivity index (χ4v) is 1.67. The van der Waals surface area contributed by atoms with Crippen molar-refractivity contribution in [2.75, 3.05) is 19.7 Å². The topological polar surface area (TPSA) is 66.8 Å². The van der Waals surface area contributed by atoms with Crippen molar-refractivity contribution >= 4 is 11.9 Å². The SMILES string of the molecule is CC(=O)N1CCC(C)(OCC(=O)O)CC1. The summed E-state index contributed by atoms with van der Waals surface area (Å²) in [4.78, 5) is 23.2. The maximum absolute atomic E-state index is 11.1. The zero-order valence-electron chi connectivity index (χ0n) is 9.15. The first kappa shape index (κ1) is 12.0. The van der Waals surface area contributed by atoms with E-state index in [1.54, 1.807) is 11.8 Å². The van der Waals surface area contributed by atoms with Crippen molar-refractivity contribution in [2.24, 2.45) is 0 Å². The molecule has 1 aliphatic heterocycles. The van der Waals surface area contributed by atoms with Gasteiger partial charge in [0.25, 0.3) is 0 Å². The highest BCUT2D eigenvalue weighted by Gasteiger charge is 2.32. The van der Waals surface area contributed by atoms with Gasteiger partial charge in [0.2, 0.25) is 5.91 Å². The Hall–Kier alpha value is -1.10. The van der Waals surface area contributed by atoms with Crippen LogP contribution >= 0.6 is 0 Å². The number of carbonyl (C=O) groups is 2. The molecule has 0 radical (unpaired) electrons. The zero-order valence-corrected chi connectivity index (χ0v) is 9.15. The molecule has 1 N–H and O–H groups in total. The highest BCUT2D eigenvalue weighted by atomic mass is 16.5. The minimum Gasteiger partial charge on any atom is -0.480 e. The van der Waals surface area contributed by atoms with E-state index in [0.29, 0.717) is 25.9 Å². The molecule has 0 saturated carbocycles. The normalized spacial score (nSPS) is 20.0. The maximum atomic E-state index is 11.1. The van der Waals surface area contributed by atoms with E-state index in [2.05, 4.69) is 0 Å². The lowest BCUT2D eigenvalue weighted by Gasteiger charge is -2.38. The van der Waals surface area contributed by atoms with Gasteiger partial charge in [0, 0.05) is 20.0 Å². The van der Waals surface area contributed by atoms with E-state index in [1.165, 1.54) is 0 Å². The summed E-state index contributed by atoms with van der Waals surface area (Å²) >= 11 is 0. The van der Waals surface area contributed by atoms with E-state index in [4.69, 9.17) is 9.84 Å².